The molecule has 1 aromatic carbocycles. The minimum absolute atomic E-state index is 0.0303. The molecule has 3 aliphatic rings. The van der Waals surface area contributed by atoms with E-state index >= 15 is 4.79 Å². The van der Waals surface area contributed by atoms with Crippen molar-refractivity contribution in [3.63, 3.8) is 0 Å². The Balaban J connectivity index is 1.88. The number of fused-ring (bicyclic) bond motifs is 2. The van der Waals surface area contributed by atoms with Gasteiger partial charge < -0.3 is 136 Å². The number of amides is 14. The summed E-state index contributed by atoms with van der Waals surface area (Å²) in [6.07, 6.45) is -7.26. The first-order valence-corrected chi connectivity index (χ1v) is 40.2. The maximum atomic E-state index is 15.0. The Labute approximate surface area is 684 Å². The summed E-state index contributed by atoms with van der Waals surface area (Å²) in [5, 5.41) is 113. The quantitative estimate of drug-likeness (QED) is 0.0243. The van der Waals surface area contributed by atoms with Gasteiger partial charge in [-0.1, -0.05) is 91.0 Å². The lowest BCUT2D eigenvalue weighted by molar-refractivity contribution is -0.155. The maximum Gasteiger partial charge on any atom is 0.341 e. The van der Waals surface area contributed by atoms with Gasteiger partial charge in [-0.3, -0.25) is 67.1 Å². The highest BCUT2D eigenvalue weighted by Gasteiger charge is 2.49. The number of hydrogen-bond donors (Lipinski definition) is 22. The van der Waals surface area contributed by atoms with Crippen LogP contribution in [0.25, 0.3) is 0 Å². The zero-order chi connectivity index (χ0) is 88.4. The molecule has 3 heterocycles. The first-order valence-electron chi connectivity index (χ1n) is 40.2. The number of carbonyl (C=O) groups is 16. The van der Waals surface area contributed by atoms with Crippen molar-refractivity contribution in [2.75, 3.05) is 44.6 Å². The molecule has 14 amide bonds. The fourth-order valence-electron chi connectivity index (χ4n) is 13.5. The molecule has 0 saturated carbocycles. The molecule has 3 aliphatic heterocycles. The number of rotatable bonds is 31. The Morgan fingerprint density at radius 2 is 1.12 bits per heavy atom. The highest BCUT2D eigenvalue weighted by atomic mass is 16.5. The third-order valence-electron chi connectivity index (χ3n) is 20.1. The first-order chi connectivity index (χ1) is 55.6. The number of aliphatic carboxylic acids is 1. The molecule has 42 nitrogen and oxygen atoms in total. The number of nitrogens with two attached hydrogens (primary N) is 3. The van der Waals surface area contributed by atoms with Gasteiger partial charge in [-0.15, -0.1) is 0 Å². The van der Waals surface area contributed by atoms with Crippen molar-refractivity contribution in [3.05, 3.63) is 23.8 Å². The van der Waals surface area contributed by atoms with Gasteiger partial charge in [0.2, 0.25) is 82.7 Å². The predicted octanol–water partition coefficient (Wildman–Crippen LogP) is -6.43. The molecule has 118 heavy (non-hydrogen) atoms. The van der Waals surface area contributed by atoms with Crippen molar-refractivity contribution in [1.82, 2.24) is 63.0 Å². The molecule has 664 valence electrons. The fourth-order valence-corrected chi connectivity index (χ4v) is 13.5. The number of unbranched alkanes of at least 4 members (excludes halogenated alkanes) is 10. The fraction of sp³-hybridized carbons (Fsp3) is 0.711. The van der Waals surface area contributed by atoms with Gasteiger partial charge in [0.1, 0.15) is 78.3 Å². The van der Waals surface area contributed by atoms with Gasteiger partial charge in [0.25, 0.3) is 0 Å². The molecule has 19 atom stereocenters. The maximum absolute atomic E-state index is 15.0. The lowest BCUT2D eigenvalue weighted by Gasteiger charge is -2.34. The van der Waals surface area contributed by atoms with E-state index in [4.69, 9.17) is 26.7 Å². The van der Waals surface area contributed by atoms with Crippen LogP contribution in [-0.4, -0.2) is 300 Å². The second-order valence-electron chi connectivity index (χ2n) is 30.6. The molecule has 0 bridgehead atoms. The van der Waals surface area contributed by atoms with Gasteiger partial charge in [-0.05, 0) is 96.9 Å². The van der Waals surface area contributed by atoms with Crippen molar-refractivity contribution < 1.29 is 127 Å². The minimum Gasteiger partial charge on any atom is -0.480 e. The predicted molar refractivity (Wildman–Crippen MR) is 419 cm³/mol. The number of nitrogens with one attached hydrogen (secondary N) is 11. The van der Waals surface area contributed by atoms with Gasteiger partial charge in [0.15, 0.2) is 6.61 Å². The molecule has 1 aromatic rings. The average molecular weight is 1680 g/mol. The molecule has 0 aromatic heterocycles. The van der Waals surface area contributed by atoms with Crippen molar-refractivity contribution >= 4 is 100 Å². The van der Waals surface area contributed by atoms with Crippen LogP contribution in [0.4, 0.5) is 5.69 Å². The molecular weight excluding hydrogens is 1550 g/mol. The molecule has 3 fully saturated rings. The Bertz CT molecular complexity index is 3590. The van der Waals surface area contributed by atoms with Crippen molar-refractivity contribution in [1.29, 1.82) is 0 Å². The zero-order valence-electron chi connectivity index (χ0n) is 68.2. The standard InChI is InChI=1S/C76H124N16O26/c1-9-10-11-12-13-14-15-16-17-18-19-21-46-33-56(102)85-60(40(5)93)70(110)81-39(4)66(106)84-49(31-44-23-24-53(117-37-58(104)105)48(30-44)82-55(101)25-28-78)67(107)87-59(38(2)3)74(114)92-36-45(97)32-50(92)68(108)88-62(42(7)95)72(112)89-63(43(8)96)75(115)91-29-26-51(98)65(91)73(113)90-64(52(99)34-54(79)100)69(109)80-35-57(103)86-61(41(6)94)71(111)83-47(22-20-27-77)76(116)118-46/h23-24,30,38-43,45-47,49-52,59-65,93-99H,9-22,25-29,31-37,77-78H2,1-8H3,(H2,79,100)(H,80,109)(H,81,110)(H,82,101)(H,83,111)(H,84,106)(H,85,102)(H,86,103)(H,87,107)(H,88,108)(H,89,112)(H,90,113)(H,104,105)/t39-,40-,41-,42-,43-,45-,46-,47+,49+,50+,51+,52-,59+,60-,61-,62-,63+,64+,65+/m1/s1. The number of anilines is 1. The lowest BCUT2D eigenvalue weighted by Crippen LogP contribution is -2.64. The number of primary amides is 1. The molecule has 3 saturated heterocycles. The zero-order valence-corrected chi connectivity index (χ0v) is 68.2. The number of carboxylic acids is 1. The van der Waals surface area contributed by atoms with E-state index in [9.17, 15) is 113 Å². The number of aliphatic hydroxyl groups excluding tert-OH is 7. The van der Waals surface area contributed by atoms with Gasteiger partial charge in [-0.25, -0.2) is 9.59 Å². The Morgan fingerprint density at radius 3 is 1.69 bits per heavy atom. The van der Waals surface area contributed by atoms with Crippen molar-refractivity contribution in [2.24, 2.45) is 23.1 Å². The smallest absolute Gasteiger partial charge is 0.341 e. The molecule has 0 radical (unpaired) electrons. The lowest BCUT2D eigenvalue weighted by atomic mass is 9.99. The molecule has 0 spiro atoms. The van der Waals surface area contributed by atoms with E-state index in [-0.39, 0.29) is 62.2 Å². The molecule has 42 heteroatoms. The summed E-state index contributed by atoms with van der Waals surface area (Å²) < 4.78 is 11.4. The number of benzene rings is 1. The van der Waals surface area contributed by atoms with E-state index in [2.05, 4.69) is 65.4 Å². The van der Waals surface area contributed by atoms with E-state index < -0.39 is 268 Å². The van der Waals surface area contributed by atoms with Crippen LogP contribution in [0, 0.1) is 5.92 Å². The summed E-state index contributed by atoms with van der Waals surface area (Å²) in [6.45, 7) is 7.30. The normalized spacial score (nSPS) is 26.6. The van der Waals surface area contributed by atoms with Crippen LogP contribution in [0.1, 0.15) is 183 Å². The van der Waals surface area contributed by atoms with Gasteiger partial charge >= 0.3 is 11.9 Å². The second-order valence-corrected chi connectivity index (χ2v) is 30.6. The number of carboxylic acid groups (broad SMARTS) is 1. The van der Waals surface area contributed by atoms with E-state index in [1.165, 1.54) is 39.0 Å². The van der Waals surface area contributed by atoms with E-state index in [0.717, 1.165) is 90.4 Å². The van der Waals surface area contributed by atoms with Crippen LogP contribution in [0.3, 0.4) is 0 Å². The van der Waals surface area contributed by atoms with E-state index in [1.54, 1.807) is 0 Å². The first kappa shape index (κ1) is 101. The molecular formula is C76H124N16O26. The Morgan fingerprint density at radius 1 is 0.585 bits per heavy atom. The van der Waals surface area contributed by atoms with Crippen LogP contribution in [-0.2, 0) is 87.9 Å². The van der Waals surface area contributed by atoms with Crippen molar-refractivity contribution in [2.45, 2.75) is 299 Å². The number of aliphatic hydroxyl groups is 7. The van der Waals surface area contributed by atoms with E-state index in [0.29, 0.717) is 17.7 Å². The number of ether oxygens (including phenoxy) is 2. The van der Waals surface area contributed by atoms with Crippen LogP contribution >= 0.6 is 0 Å². The number of cyclic esters (lactones) is 1. The van der Waals surface area contributed by atoms with Crippen LogP contribution in [0.5, 0.6) is 5.75 Å². The summed E-state index contributed by atoms with van der Waals surface area (Å²) in [4.78, 5) is 225. The summed E-state index contributed by atoms with van der Waals surface area (Å²) >= 11 is 0. The van der Waals surface area contributed by atoms with Gasteiger partial charge in [0, 0.05) is 38.9 Å². The number of carbonyl (C=O) groups excluding carboxylic acids is 15. The molecule has 0 aliphatic carbocycles. The number of hydrogen-bond acceptors (Lipinski definition) is 27. The van der Waals surface area contributed by atoms with E-state index in [1.807, 2.05) is 0 Å². The van der Waals surface area contributed by atoms with Gasteiger partial charge in [-0.2, -0.15) is 0 Å². The van der Waals surface area contributed by atoms with Gasteiger partial charge in [0.05, 0.1) is 67.8 Å². The molecule has 4 rings (SSSR count). The highest BCUT2D eigenvalue weighted by molar-refractivity contribution is 6.01. The third kappa shape index (κ3) is 32.5. The minimum atomic E-state index is -2.24. The summed E-state index contributed by atoms with van der Waals surface area (Å²) in [7, 11) is 0. The largest absolute Gasteiger partial charge is 0.480 e. The summed E-state index contributed by atoms with van der Waals surface area (Å²) in [5.41, 5.74) is 16.8. The third-order valence-corrected chi connectivity index (χ3v) is 20.1. The van der Waals surface area contributed by atoms with Crippen LogP contribution in [0.15, 0.2) is 18.2 Å². The SMILES string of the molecule is CCCCCCCCCCCCC[C@@H]1CC(=O)N[C@H]([C@@H](C)O)C(=O)N[C@H](C)C(=O)N[C@@H](Cc2ccc(OCC(=O)O)c(NC(=O)CCN)c2)C(=O)N[C@@H](C(C)C)C(=O)N2C[C@H](O)C[C@H]2C(=O)N[C@H]([C@@H](C)O)C(=O)N[C@@H]([C@@H](C)O)C(=O)N2CC[C@H](O)[C@H]2C(=O)N[C@@H]([C@H](O)CC(N)=O)C(=O)NCC(=O)N[C@H]([C@@H](C)O)C(=O)N[C@@H](CCCN)C(=O)O1. The van der Waals surface area contributed by atoms with Crippen molar-refractivity contribution in [3.8, 4) is 5.75 Å². The monoisotopic (exact) mass is 1680 g/mol. The molecule has 25 N–H and O–H groups in total. The summed E-state index contributed by atoms with van der Waals surface area (Å²) in [6, 6.07) is -16.7. The number of esters is 1. The van der Waals surface area contributed by atoms with Crippen LogP contribution in [0.2, 0.25) is 0 Å². The van der Waals surface area contributed by atoms with Crippen LogP contribution < -0.4 is 80.4 Å². The Kier molecular flexibility index (Phi) is 42.8. The number of nitrogens with zero attached hydrogens (tertiary/aromatic N) is 2. The highest BCUT2D eigenvalue weighted by Crippen LogP contribution is 2.29. The second kappa shape index (κ2) is 50.2. The Hall–Kier alpha value is -9.82. The topological polar surface area (TPSA) is 670 Å². The molecule has 0 unspecified atom stereocenters. The summed E-state index contributed by atoms with van der Waals surface area (Å²) in [5.74, 6) is -19.9. The average Bonchev–Trinajstić information content (AvgIpc) is 1.63.